The fraction of sp³-hybridized carbons (Fsp3) is 0.375. The first-order valence-electron chi connectivity index (χ1n) is 6.79. The SMILES string of the molecule is CC(C)(C)OC(=O)NN=Cc1ccc(C([C]=O)CC=O)cc1. The largest absolute Gasteiger partial charge is 0.443 e. The summed E-state index contributed by atoms with van der Waals surface area (Å²) in [4.78, 5) is 32.6. The van der Waals surface area contributed by atoms with Gasteiger partial charge in [-0.05, 0) is 31.9 Å². The van der Waals surface area contributed by atoms with Crippen LogP contribution in [-0.2, 0) is 14.3 Å². The minimum atomic E-state index is -0.637. The minimum Gasteiger partial charge on any atom is -0.443 e. The molecule has 22 heavy (non-hydrogen) atoms. The maximum atomic E-state index is 11.4. The van der Waals surface area contributed by atoms with Crippen molar-refractivity contribution in [1.29, 1.82) is 0 Å². The van der Waals surface area contributed by atoms with Crippen LogP contribution in [0.25, 0.3) is 0 Å². The predicted octanol–water partition coefficient (Wildman–Crippen LogP) is 2.33. The van der Waals surface area contributed by atoms with Crippen LogP contribution in [-0.4, -0.2) is 30.5 Å². The second-order valence-corrected chi connectivity index (χ2v) is 5.61. The molecule has 0 fully saturated rings. The molecule has 1 radical (unpaired) electrons. The molecule has 6 nitrogen and oxygen atoms in total. The molecule has 0 aliphatic rings. The number of aldehydes is 1. The van der Waals surface area contributed by atoms with Crippen LogP contribution < -0.4 is 5.43 Å². The molecule has 0 aliphatic carbocycles. The van der Waals surface area contributed by atoms with Gasteiger partial charge in [-0.2, -0.15) is 5.10 Å². The van der Waals surface area contributed by atoms with Crippen LogP contribution in [0.4, 0.5) is 4.79 Å². The average Bonchev–Trinajstić information content (AvgIpc) is 2.44. The van der Waals surface area contributed by atoms with Gasteiger partial charge in [-0.3, -0.25) is 4.79 Å². The molecular weight excluding hydrogens is 284 g/mol. The Hall–Kier alpha value is -2.50. The van der Waals surface area contributed by atoms with Gasteiger partial charge in [0.15, 0.2) is 0 Å². The summed E-state index contributed by atoms with van der Waals surface area (Å²) >= 11 is 0. The third-order valence-electron chi connectivity index (χ3n) is 2.58. The zero-order valence-electron chi connectivity index (χ0n) is 12.8. The highest BCUT2D eigenvalue weighted by molar-refractivity contribution is 5.81. The predicted molar refractivity (Wildman–Crippen MR) is 82.5 cm³/mol. The van der Waals surface area contributed by atoms with Gasteiger partial charge < -0.3 is 9.53 Å². The Balaban J connectivity index is 2.60. The third-order valence-corrected chi connectivity index (χ3v) is 2.58. The summed E-state index contributed by atoms with van der Waals surface area (Å²) in [6.45, 7) is 5.28. The van der Waals surface area contributed by atoms with Gasteiger partial charge in [0.25, 0.3) is 0 Å². The fourth-order valence-electron chi connectivity index (χ4n) is 1.62. The van der Waals surface area contributed by atoms with Gasteiger partial charge in [-0.25, -0.2) is 10.2 Å². The first-order chi connectivity index (χ1) is 10.4. The van der Waals surface area contributed by atoms with Gasteiger partial charge in [0.1, 0.15) is 11.9 Å². The highest BCUT2D eigenvalue weighted by atomic mass is 16.6. The average molecular weight is 303 g/mol. The zero-order valence-corrected chi connectivity index (χ0v) is 12.8. The fourth-order valence-corrected chi connectivity index (χ4v) is 1.62. The molecule has 0 saturated carbocycles. The van der Waals surface area contributed by atoms with Crippen molar-refractivity contribution >= 4 is 24.9 Å². The van der Waals surface area contributed by atoms with Crippen LogP contribution in [0.5, 0.6) is 0 Å². The Labute approximate surface area is 129 Å². The van der Waals surface area contributed by atoms with Crippen molar-refractivity contribution in [2.45, 2.75) is 38.7 Å². The van der Waals surface area contributed by atoms with E-state index >= 15 is 0 Å². The number of nitrogens with zero attached hydrogens (tertiary/aromatic N) is 1. The van der Waals surface area contributed by atoms with Gasteiger partial charge in [0, 0.05) is 6.42 Å². The molecule has 0 heterocycles. The second-order valence-electron chi connectivity index (χ2n) is 5.61. The van der Waals surface area contributed by atoms with E-state index in [9.17, 15) is 14.4 Å². The van der Waals surface area contributed by atoms with Crippen LogP contribution in [0.1, 0.15) is 44.2 Å². The van der Waals surface area contributed by atoms with E-state index in [1.165, 1.54) is 6.21 Å². The lowest BCUT2D eigenvalue weighted by atomic mass is 9.97. The van der Waals surface area contributed by atoms with E-state index in [-0.39, 0.29) is 6.42 Å². The van der Waals surface area contributed by atoms with Crippen molar-refractivity contribution in [1.82, 2.24) is 5.43 Å². The lowest BCUT2D eigenvalue weighted by Gasteiger charge is -2.18. The maximum Gasteiger partial charge on any atom is 0.428 e. The summed E-state index contributed by atoms with van der Waals surface area (Å²) in [5.41, 5.74) is 3.11. The number of nitrogens with one attached hydrogen (secondary N) is 1. The molecule has 0 aliphatic heterocycles. The smallest absolute Gasteiger partial charge is 0.428 e. The minimum absolute atomic E-state index is 0.108. The molecule has 1 aromatic rings. The van der Waals surface area contributed by atoms with Crippen LogP contribution in [0, 0.1) is 0 Å². The number of rotatable bonds is 6. The summed E-state index contributed by atoms with van der Waals surface area (Å²) in [6, 6.07) is 6.89. The number of hydrogen-bond acceptors (Lipinski definition) is 5. The van der Waals surface area contributed by atoms with Gasteiger partial charge in [0.05, 0.1) is 12.1 Å². The van der Waals surface area contributed by atoms with Crippen molar-refractivity contribution in [3.63, 3.8) is 0 Å². The van der Waals surface area contributed by atoms with Crippen molar-refractivity contribution in [2.75, 3.05) is 0 Å². The summed E-state index contributed by atoms with van der Waals surface area (Å²) in [6.07, 6.45) is 3.44. The molecule has 0 spiro atoms. The van der Waals surface area contributed by atoms with Crippen LogP contribution >= 0.6 is 0 Å². The monoisotopic (exact) mass is 303 g/mol. The lowest BCUT2D eigenvalue weighted by molar-refractivity contribution is -0.107. The Kier molecular flexibility index (Phi) is 6.44. The molecular formula is C16H19N2O4. The third kappa shape index (κ3) is 6.30. The number of amides is 1. The molecule has 0 saturated heterocycles. The van der Waals surface area contributed by atoms with E-state index in [1.54, 1.807) is 45.0 Å². The molecule has 1 N–H and O–H groups in total. The molecule has 0 bridgehead atoms. The molecule has 6 heteroatoms. The quantitative estimate of drug-likeness (QED) is 0.496. The summed E-state index contributed by atoms with van der Waals surface area (Å²) in [5, 5.41) is 3.77. The maximum absolute atomic E-state index is 11.4. The standard InChI is InChI=1S/C16H19N2O4/c1-16(2,3)22-15(21)18-17-10-12-4-6-13(7-5-12)14(11-20)8-9-19/h4-7,9-10,14H,8H2,1-3H3,(H,18,21). The number of carbonyl (C=O) groups excluding carboxylic acids is 3. The van der Waals surface area contributed by atoms with Crippen molar-refractivity contribution < 1.29 is 19.1 Å². The molecule has 1 atom stereocenters. The van der Waals surface area contributed by atoms with Gasteiger partial charge in [-0.15, -0.1) is 0 Å². The van der Waals surface area contributed by atoms with Crippen LogP contribution in [0.3, 0.4) is 0 Å². The molecule has 0 aromatic heterocycles. The van der Waals surface area contributed by atoms with E-state index < -0.39 is 17.6 Å². The van der Waals surface area contributed by atoms with Gasteiger partial charge in [0.2, 0.25) is 6.29 Å². The van der Waals surface area contributed by atoms with Crippen LogP contribution in [0.15, 0.2) is 29.4 Å². The molecule has 117 valence electrons. The van der Waals surface area contributed by atoms with E-state index in [1.807, 2.05) is 6.29 Å². The highest BCUT2D eigenvalue weighted by Crippen LogP contribution is 2.16. The number of hydrazone groups is 1. The van der Waals surface area contributed by atoms with E-state index in [0.29, 0.717) is 11.8 Å². The molecule has 1 rings (SSSR count). The summed E-state index contributed by atoms with van der Waals surface area (Å²) in [5.74, 6) is -0.552. The first-order valence-corrected chi connectivity index (χ1v) is 6.79. The Morgan fingerprint density at radius 1 is 1.36 bits per heavy atom. The van der Waals surface area contributed by atoms with E-state index in [0.717, 1.165) is 5.56 Å². The van der Waals surface area contributed by atoms with Crippen molar-refractivity contribution in [3.05, 3.63) is 35.4 Å². The zero-order chi connectivity index (χ0) is 16.6. The Bertz CT molecular complexity index is 544. The van der Waals surface area contributed by atoms with Crippen molar-refractivity contribution in [2.24, 2.45) is 5.10 Å². The molecule has 1 unspecified atom stereocenters. The van der Waals surface area contributed by atoms with Crippen LogP contribution in [0.2, 0.25) is 0 Å². The molecule has 1 aromatic carbocycles. The normalized spacial score (nSPS) is 12.7. The highest BCUT2D eigenvalue weighted by Gasteiger charge is 2.15. The number of benzene rings is 1. The molecule has 1 amide bonds. The van der Waals surface area contributed by atoms with Gasteiger partial charge in [-0.1, -0.05) is 24.3 Å². The summed E-state index contributed by atoms with van der Waals surface area (Å²) < 4.78 is 5.03. The first kappa shape index (κ1) is 17.6. The summed E-state index contributed by atoms with van der Waals surface area (Å²) in [7, 11) is 0. The number of hydrogen-bond donors (Lipinski definition) is 1. The Morgan fingerprint density at radius 3 is 2.50 bits per heavy atom. The second kappa shape index (κ2) is 8.07. The van der Waals surface area contributed by atoms with E-state index in [2.05, 4.69) is 10.5 Å². The topological polar surface area (TPSA) is 84.8 Å². The lowest BCUT2D eigenvalue weighted by Crippen LogP contribution is -2.29. The van der Waals surface area contributed by atoms with Crippen molar-refractivity contribution in [3.8, 4) is 0 Å². The van der Waals surface area contributed by atoms with Gasteiger partial charge >= 0.3 is 6.09 Å². The Morgan fingerprint density at radius 2 is 2.00 bits per heavy atom. The van der Waals surface area contributed by atoms with E-state index in [4.69, 9.17) is 4.74 Å². The number of ether oxygens (including phenoxy) is 1. The number of carbonyl (C=O) groups is 2.